The first-order valence-corrected chi connectivity index (χ1v) is 8.40. The van der Waals surface area contributed by atoms with E-state index in [4.69, 9.17) is 23.2 Å². The first-order chi connectivity index (χ1) is 8.61. The van der Waals surface area contributed by atoms with Crippen LogP contribution in [0.2, 0.25) is 10.0 Å². The van der Waals surface area contributed by atoms with Gasteiger partial charge in [0.1, 0.15) is 0 Å². The number of hydrogen-bond acceptors (Lipinski definition) is 2. The van der Waals surface area contributed by atoms with Crippen molar-refractivity contribution in [2.24, 2.45) is 0 Å². The highest BCUT2D eigenvalue weighted by Crippen LogP contribution is 2.32. The van der Waals surface area contributed by atoms with E-state index >= 15 is 0 Å². The van der Waals surface area contributed by atoms with E-state index in [-0.39, 0.29) is 6.04 Å². The summed E-state index contributed by atoms with van der Waals surface area (Å²) in [5, 5.41) is 5.89. The summed E-state index contributed by atoms with van der Waals surface area (Å²) in [5.41, 5.74) is 1.13. The number of halogens is 2. The van der Waals surface area contributed by atoms with Crippen molar-refractivity contribution >= 4 is 35.0 Å². The highest BCUT2D eigenvalue weighted by Gasteiger charge is 2.27. The minimum atomic E-state index is 0.271. The van der Waals surface area contributed by atoms with E-state index in [0.29, 0.717) is 11.1 Å². The van der Waals surface area contributed by atoms with Crippen molar-refractivity contribution < 1.29 is 0 Å². The normalized spacial score (nSPS) is 25.3. The molecule has 1 nitrogen and oxygen atoms in total. The Balaban J connectivity index is 2.05. The monoisotopic (exact) mass is 303 g/mol. The topological polar surface area (TPSA) is 12.0 Å². The van der Waals surface area contributed by atoms with E-state index in [9.17, 15) is 0 Å². The first kappa shape index (κ1) is 14.5. The van der Waals surface area contributed by atoms with Crippen LogP contribution in [0, 0.1) is 0 Å². The molecule has 3 atom stereocenters. The van der Waals surface area contributed by atoms with Crippen LogP contribution in [0.4, 0.5) is 0 Å². The molecule has 0 radical (unpaired) electrons. The van der Waals surface area contributed by atoms with Crippen molar-refractivity contribution in [1.29, 1.82) is 0 Å². The molecule has 0 bridgehead atoms. The number of benzene rings is 1. The number of thioether (sulfide) groups is 1. The SMILES string of the molecule is CSC1CCCC1NC(C)c1ccc(Cl)cc1Cl. The van der Waals surface area contributed by atoms with Gasteiger partial charge in [-0.2, -0.15) is 11.8 Å². The van der Waals surface area contributed by atoms with E-state index in [2.05, 4.69) is 18.5 Å². The van der Waals surface area contributed by atoms with Gasteiger partial charge in [0.15, 0.2) is 0 Å². The summed E-state index contributed by atoms with van der Waals surface area (Å²) in [6.07, 6.45) is 6.11. The summed E-state index contributed by atoms with van der Waals surface area (Å²) in [5.74, 6) is 0. The van der Waals surface area contributed by atoms with Crippen molar-refractivity contribution in [3.05, 3.63) is 33.8 Å². The summed E-state index contributed by atoms with van der Waals surface area (Å²) in [7, 11) is 0. The van der Waals surface area contributed by atoms with Gasteiger partial charge in [0, 0.05) is 27.4 Å². The van der Waals surface area contributed by atoms with Gasteiger partial charge in [-0.3, -0.25) is 0 Å². The molecule has 1 aromatic carbocycles. The molecule has 1 N–H and O–H groups in total. The Kier molecular flexibility index (Phi) is 5.25. The van der Waals surface area contributed by atoms with Crippen LogP contribution in [-0.2, 0) is 0 Å². The molecule has 18 heavy (non-hydrogen) atoms. The smallest absolute Gasteiger partial charge is 0.0468 e. The van der Waals surface area contributed by atoms with E-state index in [1.165, 1.54) is 19.3 Å². The average molecular weight is 304 g/mol. The largest absolute Gasteiger partial charge is 0.306 e. The van der Waals surface area contributed by atoms with E-state index in [1.807, 2.05) is 30.0 Å². The van der Waals surface area contributed by atoms with Gasteiger partial charge in [-0.05, 0) is 43.7 Å². The van der Waals surface area contributed by atoms with Crippen LogP contribution in [0.3, 0.4) is 0 Å². The van der Waals surface area contributed by atoms with Crippen molar-refractivity contribution in [3.63, 3.8) is 0 Å². The number of hydrogen-bond donors (Lipinski definition) is 1. The van der Waals surface area contributed by atoms with Crippen LogP contribution in [0.1, 0.15) is 37.8 Å². The summed E-state index contributed by atoms with van der Waals surface area (Å²) >= 11 is 14.1. The van der Waals surface area contributed by atoms with Gasteiger partial charge >= 0.3 is 0 Å². The zero-order valence-electron chi connectivity index (χ0n) is 10.7. The molecule has 1 saturated carbocycles. The van der Waals surface area contributed by atoms with Gasteiger partial charge in [0.25, 0.3) is 0 Å². The lowest BCUT2D eigenvalue weighted by Crippen LogP contribution is -2.35. The lowest BCUT2D eigenvalue weighted by molar-refractivity contribution is 0.467. The molecule has 0 heterocycles. The zero-order valence-corrected chi connectivity index (χ0v) is 13.1. The van der Waals surface area contributed by atoms with Gasteiger partial charge in [-0.25, -0.2) is 0 Å². The fourth-order valence-electron chi connectivity index (χ4n) is 2.66. The highest BCUT2D eigenvalue weighted by molar-refractivity contribution is 7.99. The zero-order chi connectivity index (χ0) is 13.1. The Morgan fingerprint density at radius 2 is 2.11 bits per heavy atom. The van der Waals surface area contributed by atoms with E-state index < -0.39 is 0 Å². The second-order valence-electron chi connectivity index (χ2n) is 4.87. The standard InChI is InChI=1S/C14H19Cl2NS/c1-9(11-7-6-10(15)8-12(11)16)17-13-4-3-5-14(13)18-2/h6-9,13-14,17H,3-5H2,1-2H3. The molecule has 0 amide bonds. The first-order valence-electron chi connectivity index (χ1n) is 6.35. The third kappa shape index (κ3) is 3.36. The molecule has 100 valence electrons. The minimum absolute atomic E-state index is 0.271. The molecule has 1 fully saturated rings. The molecule has 0 spiro atoms. The van der Waals surface area contributed by atoms with Crippen molar-refractivity contribution in [1.82, 2.24) is 5.32 Å². The Hall–Kier alpha value is 0.110. The second-order valence-corrected chi connectivity index (χ2v) is 6.79. The van der Waals surface area contributed by atoms with Crippen LogP contribution in [-0.4, -0.2) is 17.5 Å². The fourth-order valence-corrected chi connectivity index (χ4v) is 4.18. The molecule has 0 aliphatic heterocycles. The Morgan fingerprint density at radius 3 is 2.78 bits per heavy atom. The summed E-state index contributed by atoms with van der Waals surface area (Å²) in [6.45, 7) is 2.17. The Labute approximate surface area is 124 Å². The lowest BCUT2D eigenvalue weighted by Gasteiger charge is -2.24. The molecule has 1 aliphatic rings. The van der Waals surface area contributed by atoms with Gasteiger partial charge in [0.2, 0.25) is 0 Å². The van der Waals surface area contributed by atoms with E-state index in [0.717, 1.165) is 15.8 Å². The second kappa shape index (κ2) is 6.51. The predicted octanol–water partition coefficient (Wildman–Crippen LogP) is 4.93. The predicted molar refractivity (Wildman–Crippen MR) is 83.0 cm³/mol. The van der Waals surface area contributed by atoms with Crippen molar-refractivity contribution in [2.45, 2.75) is 43.5 Å². The molecule has 1 aromatic rings. The maximum Gasteiger partial charge on any atom is 0.0468 e. The van der Waals surface area contributed by atoms with Crippen LogP contribution < -0.4 is 5.32 Å². The van der Waals surface area contributed by atoms with E-state index in [1.54, 1.807) is 0 Å². The van der Waals surface area contributed by atoms with Crippen molar-refractivity contribution in [2.75, 3.05) is 6.26 Å². The van der Waals surface area contributed by atoms with Crippen molar-refractivity contribution in [3.8, 4) is 0 Å². The summed E-state index contributed by atoms with van der Waals surface area (Å²) in [4.78, 5) is 0. The molecular formula is C14H19Cl2NS. The summed E-state index contributed by atoms with van der Waals surface area (Å²) in [6, 6.07) is 6.61. The third-order valence-electron chi connectivity index (χ3n) is 3.65. The molecule has 4 heteroatoms. The molecular weight excluding hydrogens is 285 g/mol. The molecule has 0 aromatic heterocycles. The number of rotatable bonds is 4. The minimum Gasteiger partial charge on any atom is -0.306 e. The van der Waals surface area contributed by atoms with Gasteiger partial charge in [0.05, 0.1) is 0 Å². The van der Waals surface area contributed by atoms with Crippen LogP contribution in [0.5, 0.6) is 0 Å². The van der Waals surface area contributed by atoms with Gasteiger partial charge < -0.3 is 5.32 Å². The van der Waals surface area contributed by atoms with Gasteiger partial charge in [-0.15, -0.1) is 0 Å². The van der Waals surface area contributed by atoms with Gasteiger partial charge in [-0.1, -0.05) is 35.7 Å². The molecule has 0 saturated heterocycles. The maximum absolute atomic E-state index is 6.25. The maximum atomic E-state index is 6.25. The molecule has 3 unspecified atom stereocenters. The molecule has 2 rings (SSSR count). The highest BCUT2D eigenvalue weighted by atomic mass is 35.5. The van der Waals surface area contributed by atoms with Crippen LogP contribution in [0.25, 0.3) is 0 Å². The average Bonchev–Trinajstić information content (AvgIpc) is 2.76. The number of nitrogens with one attached hydrogen (secondary N) is 1. The third-order valence-corrected chi connectivity index (χ3v) is 5.38. The van der Waals surface area contributed by atoms with Crippen LogP contribution in [0.15, 0.2) is 18.2 Å². The Morgan fingerprint density at radius 1 is 1.33 bits per heavy atom. The quantitative estimate of drug-likeness (QED) is 0.846. The fraction of sp³-hybridized carbons (Fsp3) is 0.571. The van der Waals surface area contributed by atoms with Crippen LogP contribution >= 0.6 is 35.0 Å². The summed E-state index contributed by atoms with van der Waals surface area (Å²) < 4.78 is 0. The molecule has 1 aliphatic carbocycles. The lowest BCUT2D eigenvalue weighted by atomic mass is 10.1. The Bertz CT molecular complexity index is 411.